The Morgan fingerprint density at radius 3 is 2.31 bits per heavy atom. The highest BCUT2D eigenvalue weighted by atomic mass is 16.5. The van der Waals surface area contributed by atoms with Crippen LogP contribution in [-0.4, -0.2) is 29.9 Å². The lowest BCUT2D eigenvalue weighted by Crippen LogP contribution is -2.32. The van der Waals surface area contributed by atoms with Crippen LogP contribution in [0.15, 0.2) is 59.0 Å². The van der Waals surface area contributed by atoms with Crippen LogP contribution in [0.1, 0.15) is 50.6 Å². The second kappa shape index (κ2) is 9.18. The van der Waals surface area contributed by atoms with Crippen LogP contribution in [-0.2, 0) is 13.2 Å². The number of amides is 2. The summed E-state index contributed by atoms with van der Waals surface area (Å²) in [6.07, 6.45) is 1.96. The van der Waals surface area contributed by atoms with Crippen molar-refractivity contribution in [2.75, 3.05) is 7.11 Å². The summed E-state index contributed by atoms with van der Waals surface area (Å²) >= 11 is 0. The summed E-state index contributed by atoms with van der Waals surface area (Å²) in [6, 6.07) is 16.3. The molecule has 0 radical (unpaired) electrons. The molecule has 0 spiro atoms. The van der Waals surface area contributed by atoms with E-state index in [1.165, 1.54) is 0 Å². The molecule has 3 aromatic rings. The average molecular weight is 434 g/mol. The molecule has 2 aromatic carbocycles. The van der Waals surface area contributed by atoms with Gasteiger partial charge in [-0.05, 0) is 67.8 Å². The number of methoxy groups -OCH3 is 1. The summed E-state index contributed by atoms with van der Waals surface area (Å²) in [5.74, 6) is 2.06. The number of hydrogen-bond donors (Lipinski definition) is 1. The third-order valence-electron chi connectivity index (χ3n) is 5.48. The van der Waals surface area contributed by atoms with Crippen molar-refractivity contribution in [2.24, 2.45) is 5.73 Å². The SMILES string of the molecule is COc1ccc(OCc2cc(C(=O)N(Cc3ccc(C(N)=O)cc3)C3CC3)c(C)o2)cc1. The van der Waals surface area contributed by atoms with Crippen LogP contribution in [0.2, 0.25) is 0 Å². The number of primary amides is 1. The van der Waals surface area contributed by atoms with Gasteiger partial charge in [0.1, 0.15) is 29.6 Å². The Kier molecular flexibility index (Phi) is 6.16. The third-order valence-corrected chi connectivity index (χ3v) is 5.48. The second-order valence-corrected chi connectivity index (χ2v) is 7.87. The minimum Gasteiger partial charge on any atom is -0.497 e. The molecule has 0 aliphatic heterocycles. The van der Waals surface area contributed by atoms with Gasteiger partial charge in [0.2, 0.25) is 5.91 Å². The molecule has 7 nitrogen and oxygen atoms in total. The van der Waals surface area contributed by atoms with E-state index in [-0.39, 0.29) is 18.6 Å². The summed E-state index contributed by atoms with van der Waals surface area (Å²) in [5, 5.41) is 0. The highest BCUT2D eigenvalue weighted by Gasteiger charge is 2.34. The van der Waals surface area contributed by atoms with Gasteiger partial charge < -0.3 is 24.5 Å². The van der Waals surface area contributed by atoms with Crippen LogP contribution in [0.3, 0.4) is 0 Å². The van der Waals surface area contributed by atoms with E-state index in [4.69, 9.17) is 19.6 Å². The molecular weight excluding hydrogens is 408 g/mol. The number of aryl methyl sites for hydroxylation is 1. The normalized spacial score (nSPS) is 12.9. The highest BCUT2D eigenvalue weighted by Crippen LogP contribution is 2.31. The van der Waals surface area contributed by atoms with Crippen molar-refractivity contribution < 1.29 is 23.5 Å². The molecular formula is C25H26N2O5. The topological polar surface area (TPSA) is 95.0 Å². The van der Waals surface area contributed by atoms with Gasteiger partial charge in [0.15, 0.2) is 0 Å². The molecule has 2 N–H and O–H groups in total. The van der Waals surface area contributed by atoms with Gasteiger partial charge in [-0.2, -0.15) is 0 Å². The van der Waals surface area contributed by atoms with Gasteiger partial charge in [0, 0.05) is 18.2 Å². The lowest BCUT2D eigenvalue weighted by molar-refractivity contribution is 0.0727. The van der Waals surface area contributed by atoms with Gasteiger partial charge in [0.05, 0.1) is 12.7 Å². The van der Waals surface area contributed by atoms with Crippen molar-refractivity contribution in [3.63, 3.8) is 0 Å². The van der Waals surface area contributed by atoms with E-state index < -0.39 is 5.91 Å². The minimum atomic E-state index is -0.468. The largest absolute Gasteiger partial charge is 0.497 e. The standard InChI is InChI=1S/C25H26N2O5/c1-16-23(13-22(32-16)15-31-21-11-9-20(30-2)10-12-21)25(29)27(19-7-8-19)14-17-3-5-18(6-4-17)24(26)28/h3-6,9-13,19H,7-8,14-15H2,1-2H3,(H2,26,28). The first-order chi connectivity index (χ1) is 15.4. The Morgan fingerprint density at radius 1 is 1.06 bits per heavy atom. The lowest BCUT2D eigenvalue weighted by atomic mass is 10.1. The minimum absolute atomic E-state index is 0.0663. The van der Waals surface area contributed by atoms with Crippen molar-refractivity contribution in [2.45, 2.75) is 39.0 Å². The van der Waals surface area contributed by atoms with E-state index in [1.807, 2.05) is 41.3 Å². The second-order valence-electron chi connectivity index (χ2n) is 7.87. The van der Waals surface area contributed by atoms with Crippen LogP contribution in [0.5, 0.6) is 11.5 Å². The first-order valence-corrected chi connectivity index (χ1v) is 10.5. The maximum absolute atomic E-state index is 13.3. The van der Waals surface area contributed by atoms with E-state index in [2.05, 4.69) is 0 Å². The molecule has 0 bridgehead atoms. The first kappa shape index (κ1) is 21.5. The maximum atomic E-state index is 13.3. The number of ether oxygens (including phenoxy) is 2. The van der Waals surface area contributed by atoms with E-state index >= 15 is 0 Å². The van der Waals surface area contributed by atoms with Crippen LogP contribution >= 0.6 is 0 Å². The summed E-state index contributed by atoms with van der Waals surface area (Å²) < 4.78 is 16.7. The first-order valence-electron chi connectivity index (χ1n) is 10.5. The fraction of sp³-hybridized carbons (Fsp3) is 0.280. The Balaban J connectivity index is 1.44. The maximum Gasteiger partial charge on any atom is 0.257 e. The zero-order valence-electron chi connectivity index (χ0n) is 18.2. The number of furan rings is 1. The van der Waals surface area contributed by atoms with Gasteiger partial charge in [0.25, 0.3) is 5.91 Å². The molecule has 0 unspecified atom stereocenters. The van der Waals surface area contributed by atoms with Crippen LogP contribution in [0, 0.1) is 6.92 Å². The van der Waals surface area contributed by atoms with Crippen molar-refractivity contribution in [3.8, 4) is 11.5 Å². The molecule has 1 aliphatic carbocycles. The number of hydrogen-bond acceptors (Lipinski definition) is 5. The molecule has 2 amide bonds. The van der Waals surface area contributed by atoms with E-state index in [9.17, 15) is 9.59 Å². The Bertz CT molecular complexity index is 1100. The van der Waals surface area contributed by atoms with Crippen LogP contribution in [0.4, 0.5) is 0 Å². The summed E-state index contributed by atoms with van der Waals surface area (Å²) in [7, 11) is 1.61. The number of nitrogens with zero attached hydrogens (tertiary/aromatic N) is 1. The number of rotatable bonds is 9. The smallest absolute Gasteiger partial charge is 0.257 e. The molecule has 1 saturated carbocycles. The molecule has 1 aromatic heterocycles. The van der Waals surface area contributed by atoms with Gasteiger partial charge in [-0.1, -0.05) is 12.1 Å². The Labute approximate surface area is 186 Å². The summed E-state index contributed by atoms with van der Waals surface area (Å²) in [4.78, 5) is 26.5. The molecule has 4 rings (SSSR count). The van der Waals surface area contributed by atoms with Crippen LogP contribution < -0.4 is 15.2 Å². The quantitative estimate of drug-likeness (QED) is 0.548. The van der Waals surface area contributed by atoms with Crippen molar-refractivity contribution in [1.29, 1.82) is 0 Å². The highest BCUT2D eigenvalue weighted by molar-refractivity contribution is 5.96. The van der Waals surface area contributed by atoms with Gasteiger partial charge in [-0.3, -0.25) is 9.59 Å². The van der Waals surface area contributed by atoms with E-state index in [0.717, 1.165) is 24.2 Å². The third kappa shape index (κ3) is 4.94. The van der Waals surface area contributed by atoms with Crippen LogP contribution in [0.25, 0.3) is 0 Å². The van der Waals surface area contributed by atoms with Gasteiger partial charge in [-0.15, -0.1) is 0 Å². The molecule has 1 fully saturated rings. The molecule has 7 heteroatoms. The Morgan fingerprint density at radius 2 is 1.72 bits per heavy atom. The van der Waals surface area contributed by atoms with E-state index in [1.54, 1.807) is 32.2 Å². The number of benzene rings is 2. The zero-order chi connectivity index (χ0) is 22.7. The molecule has 0 saturated heterocycles. The molecule has 166 valence electrons. The zero-order valence-corrected chi connectivity index (χ0v) is 18.2. The molecule has 32 heavy (non-hydrogen) atoms. The fourth-order valence-electron chi connectivity index (χ4n) is 3.53. The van der Waals surface area contributed by atoms with Gasteiger partial charge >= 0.3 is 0 Å². The molecule has 1 aliphatic rings. The number of nitrogens with two attached hydrogens (primary N) is 1. The van der Waals surface area contributed by atoms with Gasteiger partial charge in [-0.25, -0.2) is 0 Å². The van der Waals surface area contributed by atoms with Crippen molar-refractivity contribution >= 4 is 11.8 Å². The summed E-state index contributed by atoms with van der Waals surface area (Å²) in [5.41, 5.74) is 7.25. The monoisotopic (exact) mass is 434 g/mol. The fourth-order valence-corrected chi connectivity index (χ4v) is 3.53. The Hall–Kier alpha value is -3.74. The predicted octanol–water partition coefficient (Wildman–Crippen LogP) is 4.08. The van der Waals surface area contributed by atoms with E-state index in [0.29, 0.717) is 34.9 Å². The summed E-state index contributed by atoms with van der Waals surface area (Å²) in [6.45, 7) is 2.47. The average Bonchev–Trinajstić information content (AvgIpc) is 3.58. The molecule has 0 atom stereocenters. The van der Waals surface area contributed by atoms with Crippen molar-refractivity contribution in [3.05, 3.63) is 82.8 Å². The van der Waals surface area contributed by atoms with Crippen molar-refractivity contribution in [1.82, 2.24) is 4.90 Å². The lowest BCUT2D eigenvalue weighted by Gasteiger charge is -2.22. The number of carbonyl (C=O) groups is 2. The predicted molar refractivity (Wildman–Crippen MR) is 119 cm³/mol. The number of carbonyl (C=O) groups excluding carboxylic acids is 2. The molecule has 1 heterocycles.